The van der Waals surface area contributed by atoms with Gasteiger partial charge in [-0.15, -0.1) is 0 Å². The van der Waals surface area contributed by atoms with Crippen molar-refractivity contribution in [3.8, 4) is 5.75 Å². The Balaban J connectivity index is 3.01. The number of carboxylic acid groups (broad SMARTS) is 1. The van der Waals surface area contributed by atoms with Gasteiger partial charge in [-0.3, -0.25) is 19.2 Å². The first kappa shape index (κ1) is 30.3. The first-order valence-corrected chi connectivity index (χ1v) is 11.6. The molecule has 4 unspecified atom stereocenters. The van der Waals surface area contributed by atoms with E-state index in [0.29, 0.717) is 24.9 Å². The number of phenolic OH excluding ortho intramolecular Hbond substituents is 1. The molecule has 0 heterocycles. The van der Waals surface area contributed by atoms with E-state index in [1.807, 2.05) is 0 Å². The van der Waals surface area contributed by atoms with Gasteiger partial charge in [0.05, 0.1) is 6.04 Å². The summed E-state index contributed by atoms with van der Waals surface area (Å²) in [6, 6.07) is 1.31. The maximum Gasteiger partial charge on any atom is 0.326 e. The van der Waals surface area contributed by atoms with Gasteiger partial charge in [0.2, 0.25) is 23.6 Å². The maximum atomic E-state index is 13.0. The number of hydrogen-bond donors (Lipinski definition) is 8. The van der Waals surface area contributed by atoms with Gasteiger partial charge >= 0.3 is 5.97 Å². The molecule has 200 valence electrons. The molecule has 0 saturated carbocycles. The van der Waals surface area contributed by atoms with Crippen LogP contribution in [-0.2, 0) is 30.4 Å². The minimum absolute atomic E-state index is 0.0133. The quantitative estimate of drug-likeness (QED) is 0.117. The van der Waals surface area contributed by atoms with E-state index in [4.69, 9.17) is 17.2 Å². The molecule has 0 saturated heterocycles. The number of carbonyl (C=O) groups is 5. The Hall–Kier alpha value is -3.71. The van der Waals surface area contributed by atoms with Crippen LogP contribution in [0, 0.1) is 0 Å². The highest BCUT2D eigenvalue weighted by Crippen LogP contribution is 2.12. The molecule has 4 atom stereocenters. The molecule has 0 fully saturated rings. The SMILES string of the molecule is CC(N)C(=O)NC(CCC(N)=O)C(=O)NC(CCCCN)C(=O)NC(Cc1ccc(O)cc1)C(=O)O. The van der Waals surface area contributed by atoms with Gasteiger partial charge in [-0.25, -0.2) is 4.79 Å². The van der Waals surface area contributed by atoms with Gasteiger partial charge in [-0.1, -0.05) is 12.1 Å². The Morgan fingerprint density at radius 3 is 1.89 bits per heavy atom. The Labute approximate surface area is 209 Å². The molecule has 36 heavy (non-hydrogen) atoms. The second-order valence-electron chi connectivity index (χ2n) is 8.47. The minimum atomic E-state index is -1.31. The number of aromatic hydroxyl groups is 1. The third kappa shape index (κ3) is 11.1. The van der Waals surface area contributed by atoms with E-state index >= 15 is 0 Å². The van der Waals surface area contributed by atoms with Crippen LogP contribution in [-0.4, -0.2) is 70.5 Å². The molecular formula is C23H36N6O7. The van der Waals surface area contributed by atoms with Crippen LogP contribution in [0.5, 0.6) is 5.75 Å². The third-order valence-electron chi connectivity index (χ3n) is 5.30. The molecule has 13 nitrogen and oxygen atoms in total. The van der Waals surface area contributed by atoms with E-state index in [0.717, 1.165) is 0 Å². The zero-order chi connectivity index (χ0) is 27.3. The van der Waals surface area contributed by atoms with Crippen molar-refractivity contribution in [2.24, 2.45) is 17.2 Å². The normalized spacial score (nSPS) is 14.1. The van der Waals surface area contributed by atoms with Crippen molar-refractivity contribution in [2.75, 3.05) is 6.54 Å². The number of amides is 4. The third-order valence-corrected chi connectivity index (χ3v) is 5.30. The fraction of sp³-hybridized carbons (Fsp3) is 0.522. The number of primary amides is 1. The first-order chi connectivity index (χ1) is 16.9. The van der Waals surface area contributed by atoms with Crippen LogP contribution < -0.4 is 33.2 Å². The van der Waals surface area contributed by atoms with Crippen molar-refractivity contribution >= 4 is 29.6 Å². The lowest BCUT2D eigenvalue weighted by molar-refractivity contribution is -0.142. The molecule has 1 aromatic rings. The second-order valence-corrected chi connectivity index (χ2v) is 8.47. The van der Waals surface area contributed by atoms with Crippen LogP contribution in [0.4, 0.5) is 0 Å². The average Bonchev–Trinajstić information content (AvgIpc) is 2.81. The van der Waals surface area contributed by atoms with Crippen molar-refractivity contribution in [2.45, 2.75) is 69.6 Å². The molecular weight excluding hydrogens is 472 g/mol. The summed E-state index contributed by atoms with van der Waals surface area (Å²) in [5.41, 5.74) is 16.8. The van der Waals surface area contributed by atoms with Crippen LogP contribution >= 0.6 is 0 Å². The van der Waals surface area contributed by atoms with Crippen LogP contribution in [0.3, 0.4) is 0 Å². The van der Waals surface area contributed by atoms with E-state index < -0.39 is 53.8 Å². The van der Waals surface area contributed by atoms with Crippen LogP contribution in [0.15, 0.2) is 24.3 Å². The summed E-state index contributed by atoms with van der Waals surface area (Å²) in [5.74, 6) is -4.07. The summed E-state index contributed by atoms with van der Waals surface area (Å²) >= 11 is 0. The number of nitrogens with two attached hydrogens (primary N) is 3. The molecule has 4 amide bonds. The summed E-state index contributed by atoms with van der Waals surface area (Å²) in [7, 11) is 0. The average molecular weight is 509 g/mol. The minimum Gasteiger partial charge on any atom is -0.508 e. The molecule has 1 aromatic carbocycles. The van der Waals surface area contributed by atoms with Crippen molar-refractivity contribution in [1.29, 1.82) is 0 Å². The smallest absolute Gasteiger partial charge is 0.326 e. The van der Waals surface area contributed by atoms with Crippen LogP contribution in [0.2, 0.25) is 0 Å². The van der Waals surface area contributed by atoms with Gasteiger partial charge < -0.3 is 43.4 Å². The topological polar surface area (TPSA) is 240 Å². The predicted octanol–water partition coefficient (Wildman–Crippen LogP) is -1.78. The first-order valence-electron chi connectivity index (χ1n) is 11.6. The molecule has 1 rings (SSSR count). The Morgan fingerprint density at radius 2 is 1.39 bits per heavy atom. The zero-order valence-corrected chi connectivity index (χ0v) is 20.2. The van der Waals surface area contributed by atoms with Gasteiger partial charge in [0, 0.05) is 12.8 Å². The number of carbonyl (C=O) groups excluding carboxylic acids is 4. The molecule has 13 heteroatoms. The van der Waals surface area contributed by atoms with Crippen molar-refractivity contribution in [1.82, 2.24) is 16.0 Å². The Morgan fingerprint density at radius 1 is 0.861 bits per heavy atom. The standard InChI is InChI=1S/C23H36N6O7/c1-13(25)20(32)27-17(9-10-19(26)31)22(34)28-16(4-2-3-11-24)21(33)29-18(23(35)36)12-14-5-7-15(30)8-6-14/h5-8,13,16-18,30H,2-4,9-12,24-25H2,1H3,(H2,26,31)(H,27,32)(H,28,34)(H,29,33)(H,35,36). The summed E-state index contributed by atoms with van der Waals surface area (Å²) in [4.78, 5) is 61.0. The number of hydrogen-bond acceptors (Lipinski definition) is 8. The van der Waals surface area contributed by atoms with Crippen molar-refractivity contribution in [3.05, 3.63) is 29.8 Å². The summed E-state index contributed by atoms with van der Waals surface area (Å²) < 4.78 is 0. The fourth-order valence-corrected chi connectivity index (χ4v) is 3.23. The molecule has 0 aromatic heterocycles. The highest BCUT2D eigenvalue weighted by molar-refractivity contribution is 5.94. The summed E-state index contributed by atoms with van der Waals surface area (Å²) in [5, 5.41) is 26.4. The number of nitrogens with one attached hydrogen (secondary N) is 3. The highest BCUT2D eigenvalue weighted by atomic mass is 16.4. The van der Waals surface area contributed by atoms with Crippen molar-refractivity contribution < 1.29 is 34.2 Å². The number of phenols is 1. The van der Waals surface area contributed by atoms with Crippen LogP contribution in [0.25, 0.3) is 0 Å². The number of rotatable bonds is 16. The number of unbranched alkanes of at least 4 members (excludes halogenated alkanes) is 1. The van der Waals surface area contributed by atoms with Gasteiger partial charge in [-0.05, 0) is 56.8 Å². The second kappa shape index (κ2) is 15.3. The summed E-state index contributed by atoms with van der Waals surface area (Å²) in [6.07, 6.45) is 0.801. The van der Waals surface area contributed by atoms with Gasteiger partial charge in [0.25, 0.3) is 0 Å². The van der Waals surface area contributed by atoms with E-state index in [-0.39, 0.29) is 31.4 Å². The molecule has 0 aliphatic carbocycles. The monoisotopic (exact) mass is 508 g/mol. The lowest BCUT2D eigenvalue weighted by atomic mass is 10.0. The van der Waals surface area contributed by atoms with Gasteiger partial charge in [-0.2, -0.15) is 0 Å². The van der Waals surface area contributed by atoms with Gasteiger partial charge in [0.15, 0.2) is 0 Å². The molecule has 0 spiro atoms. The predicted molar refractivity (Wildman–Crippen MR) is 130 cm³/mol. The molecule has 0 aliphatic rings. The highest BCUT2D eigenvalue weighted by Gasteiger charge is 2.30. The fourth-order valence-electron chi connectivity index (χ4n) is 3.23. The van der Waals surface area contributed by atoms with E-state index in [1.54, 1.807) is 0 Å². The van der Waals surface area contributed by atoms with E-state index in [2.05, 4.69) is 16.0 Å². The maximum absolute atomic E-state index is 13.0. The van der Waals surface area contributed by atoms with E-state index in [1.165, 1.54) is 31.2 Å². The molecule has 11 N–H and O–H groups in total. The van der Waals surface area contributed by atoms with E-state index in [9.17, 15) is 34.2 Å². The van der Waals surface area contributed by atoms with Gasteiger partial charge in [0.1, 0.15) is 23.9 Å². The lowest BCUT2D eigenvalue weighted by Gasteiger charge is -2.25. The molecule has 0 radical (unpaired) electrons. The Kier molecular flexibility index (Phi) is 12.9. The van der Waals surface area contributed by atoms with Crippen molar-refractivity contribution in [3.63, 3.8) is 0 Å². The molecule has 0 aliphatic heterocycles. The number of carboxylic acids is 1. The largest absolute Gasteiger partial charge is 0.508 e. The molecule has 0 bridgehead atoms. The number of benzene rings is 1. The zero-order valence-electron chi connectivity index (χ0n) is 20.2. The number of aliphatic carboxylic acids is 1. The Bertz CT molecular complexity index is 907. The van der Waals surface area contributed by atoms with Crippen LogP contribution in [0.1, 0.15) is 44.6 Å². The lowest BCUT2D eigenvalue weighted by Crippen LogP contribution is -2.57. The summed E-state index contributed by atoms with van der Waals surface area (Å²) in [6.45, 7) is 1.77.